The van der Waals surface area contributed by atoms with Gasteiger partial charge in [0.2, 0.25) is 0 Å². The Balaban J connectivity index is 4.35. The quantitative estimate of drug-likeness (QED) is 0.704. The molecule has 0 aliphatic rings. The molecule has 0 N–H and O–H groups in total. The number of amides is 1. The highest BCUT2D eigenvalue weighted by atomic mass is 16.6. The molecule has 3 nitrogen and oxygen atoms in total. The fourth-order valence-electron chi connectivity index (χ4n) is 1.31. The molecule has 0 aromatic carbocycles. The summed E-state index contributed by atoms with van der Waals surface area (Å²) in [7, 11) is 0. The summed E-state index contributed by atoms with van der Waals surface area (Å²) in [5.41, 5.74) is -0.122. The van der Waals surface area contributed by atoms with Gasteiger partial charge >= 0.3 is 6.09 Å². The number of hydrogen-bond acceptors (Lipinski definition) is 2. The first kappa shape index (κ1) is 14.3. The van der Waals surface area contributed by atoms with E-state index in [1.807, 2.05) is 20.8 Å². The molecule has 0 atom stereocenters. The average Bonchev–Trinajstić information content (AvgIpc) is 2.15. The molecule has 0 aliphatic carbocycles. The molecule has 90 valence electrons. The van der Waals surface area contributed by atoms with Gasteiger partial charge in [-0.25, -0.2) is 4.79 Å². The second-order valence-corrected chi connectivity index (χ2v) is 4.88. The zero-order chi connectivity index (χ0) is 12.1. The second kappa shape index (κ2) is 5.99. The molecule has 0 aromatic rings. The monoisotopic (exact) mass is 215 g/mol. The topological polar surface area (TPSA) is 29.5 Å². The van der Waals surface area contributed by atoms with Crippen molar-refractivity contribution in [1.82, 2.24) is 4.90 Å². The van der Waals surface area contributed by atoms with E-state index in [-0.39, 0.29) is 11.6 Å². The largest absolute Gasteiger partial charge is 0.449 e. The molecule has 0 bridgehead atoms. The highest BCUT2D eigenvalue weighted by Crippen LogP contribution is 2.19. The molecule has 0 spiro atoms. The molecule has 15 heavy (non-hydrogen) atoms. The van der Waals surface area contributed by atoms with Gasteiger partial charge in [0.1, 0.15) is 0 Å². The van der Waals surface area contributed by atoms with Crippen molar-refractivity contribution in [3.8, 4) is 0 Å². The van der Waals surface area contributed by atoms with Gasteiger partial charge in [0.05, 0.1) is 6.61 Å². The van der Waals surface area contributed by atoms with Crippen LogP contribution in [0.3, 0.4) is 0 Å². The zero-order valence-electron chi connectivity index (χ0n) is 11.0. The van der Waals surface area contributed by atoms with E-state index < -0.39 is 0 Å². The van der Waals surface area contributed by atoms with E-state index in [9.17, 15) is 4.79 Å². The van der Waals surface area contributed by atoms with Crippen LogP contribution in [0, 0.1) is 5.92 Å². The highest BCUT2D eigenvalue weighted by Gasteiger charge is 2.28. The zero-order valence-corrected chi connectivity index (χ0v) is 11.0. The standard InChI is InChI=1S/C12H25NO2/c1-7-12(5,6)13(8-2)11(14)15-9-10(3)4/h10H,7-9H2,1-6H3. The molecule has 0 aliphatic heterocycles. The Labute approximate surface area is 93.8 Å². The van der Waals surface area contributed by atoms with Gasteiger partial charge in [-0.15, -0.1) is 0 Å². The maximum atomic E-state index is 11.8. The van der Waals surface area contributed by atoms with Gasteiger partial charge in [0.25, 0.3) is 0 Å². The molecule has 0 rings (SSSR count). The van der Waals surface area contributed by atoms with E-state index >= 15 is 0 Å². The molecule has 0 radical (unpaired) electrons. The number of rotatable bonds is 5. The summed E-state index contributed by atoms with van der Waals surface area (Å²) in [5, 5.41) is 0. The van der Waals surface area contributed by atoms with E-state index in [0.717, 1.165) is 6.42 Å². The van der Waals surface area contributed by atoms with Crippen molar-refractivity contribution in [2.24, 2.45) is 5.92 Å². The molecule has 0 saturated heterocycles. The molecule has 0 saturated carbocycles. The van der Waals surface area contributed by atoms with Crippen molar-refractivity contribution in [2.45, 2.75) is 53.5 Å². The normalized spacial score (nSPS) is 11.7. The lowest BCUT2D eigenvalue weighted by Gasteiger charge is -2.36. The minimum absolute atomic E-state index is 0.122. The molecule has 0 aromatic heterocycles. The van der Waals surface area contributed by atoms with Crippen LogP contribution < -0.4 is 0 Å². The fourth-order valence-corrected chi connectivity index (χ4v) is 1.31. The first-order valence-electron chi connectivity index (χ1n) is 5.79. The minimum Gasteiger partial charge on any atom is -0.449 e. The van der Waals surface area contributed by atoms with Gasteiger partial charge in [-0.3, -0.25) is 0 Å². The third-order valence-corrected chi connectivity index (χ3v) is 2.67. The number of ether oxygens (including phenoxy) is 1. The molecular weight excluding hydrogens is 190 g/mol. The summed E-state index contributed by atoms with van der Waals surface area (Å²) in [6.45, 7) is 13.4. The fraction of sp³-hybridized carbons (Fsp3) is 0.917. The summed E-state index contributed by atoms with van der Waals surface area (Å²) in [4.78, 5) is 13.6. The molecule has 3 heteroatoms. The summed E-state index contributed by atoms with van der Waals surface area (Å²) >= 11 is 0. The summed E-state index contributed by atoms with van der Waals surface area (Å²) in [6.07, 6.45) is 0.732. The van der Waals surface area contributed by atoms with Crippen LogP contribution >= 0.6 is 0 Å². The van der Waals surface area contributed by atoms with Gasteiger partial charge in [0.15, 0.2) is 0 Å². The third-order valence-electron chi connectivity index (χ3n) is 2.67. The minimum atomic E-state index is -0.196. The lowest BCUT2D eigenvalue weighted by atomic mass is 10.00. The van der Waals surface area contributed by atoms with Crippen LogP contribution in [0.2, 0.25) is 0 Å². The molecular formula is C12H25NO2. The van der Waals surface area contributed by atoms with E-state index in [1.165, 1.54) is 0 Å². The SMILES string of the molecule is CCN(C(=O)OCC(C)C)C(C)(C)CC. The Bertz CT molecular complexity index is 200. The maximum Gasteiger partial charge on any atom is 0.410 e. The highest BCUT2D eigenvalue weighted by molar-refractivity contribution is 5.68. The molecule has 1 amide bonds. The Hall–Kier alpha value is -0.730. The Morgan fingerprint density at radius 1 is 1.33 bits per heavy atom. The van der Waals surface area contributed by atoms with Crippen molar-refractivity contribution in [3.63, 3.8) is 0 Å². The van der Waals surface area contributed by atoms with Crippen LogP contribution in [-0.4, -0.2) is 29.7 Å². The van der Waals surface area contributed by atoms with E-state index in [1.54, 1.807) is 4.90 Å². The Morgan fingerprint density at radius 2 is 1.87 bits per heavy atom. The Morgan fingerprint density at radius 3 is 2.20 bits per heavy atom. The van der Waals surface area contributed by atoms with E-state index in [0.29, 0.717) is 19.1 Å². The van der Waals surface area contributed by atoms with Crippen molar-refractivity contribution in [2.75, 3.05) is 13.2 Å². The smallest absolute Gasteiger partial charge is 0.410 e. The number of hydrogen-bond donors (Lipinski definition) is 0. The summed E-state index contributed by atoms with van der Waals surface area (Å²) < 4.78 is 5.23. The van der Waals surface area contributed by atoms with E-state index in [4.69, 9.17) is 4.74 Å². The summed E-state index contributed by atoms with van der Waals surface area (Å²) in [5.74, 6) is 0.386. The third kappa shape index (κ3) is 4.54. The number of carbonyl (C=O) groups is 1. The van der Waals surface area contributed by atoms with Gasteiger partial charge in [0, 0.05) is 12.1 Å². The lowest BCUT2D eigenvalue weighted by molar-refractivity contribution is 0.0561. The predicted octanol–water partition coefficient (Wildman–Crippen LogP) is 3.29. The van der Waals surface area contributed by atoms with Crippen molar-refractivity contribution < 1.29 is 9.53 Å². The average molecular weight is 215 g/mol. The van der Waals surface area contributed by atoms with Gasteiger partial charge in [-0.05, 0) is 33.1 Å². The van der Waals surface area contributed by atoms with Crippen LogP contribution in [-0.2, 0) is 4.74 Å². The van der Waals surface area contributed by atoms with Crippen LogP contribution in [0.4, 0.5) is 4.79 Å². The maximum absolute atomic E-state index is 11.8. The van der Waals surface area contributed by atoms with Crippen LogP contribution in [0.1, 0.15) is 48.0 Å². The van der Waals surface area contributed by atoms with Gasteiger partial charge in [-0.1, -0.05) is 20.8 Å². The van der Waals surface area contributed by atoms with E-state index in [2.05, 4.69) is 20.8 Å². The van der Waals surface area contributed by atoms with Crippen molar-refractivity contribution in [1.29, 1.82) is 0 Å². The van der Waals surface area contributed by atoms with Gasteiger partial charge < -0.3 is 9.64 Å². The first-order chi connectivity index (χ1) is 6.85. The number of nitrogens with zero attached hydrogens (tertiary/aromatic N) is 1. The lowest BCUT2D eigenvalue weighted by Crippen LogP contribution is -2.47. The predicted molar refractivity (Wildman–Crippen MR) is 62.9 cm³/mol. The van der Waals surface area contributed by atoms with Gasteiger partial charge in [-0.2, -0.15) is 0 Å². The molecule has 0 heterocycles. The van der Waals surface area contributed by atoms with Crippen LogP contribution in [0.25, 0.3) is 0 Å². The second-order valence-electron chi connectivity index (χ2n) is 4.88. The first-order valence-corrected chi connectivity index (χ1v) is 5.79. The van der Waals surface area contributed by atoms with Crippen molar-refractivity contribution >= 4 is 6.09 Å². The molecule has 0 unspecified atom stereocenters. The van der Waals surface area contributed by atoms with Crippen molar-refractivity contribution in [3.05, 3.63) is 0 Å². The Kier molecular flexibility index (Phi) is 5.69. The summed E-state index contributed by atoms with van der Waals surface area (Å²) in [6, 6.07) is 0. The molecule has 0 fully saturated rings. The van der Waals surface area contributed by atoms with Crippen LogP contribution in [0.5, 0.6) is 0 Å². The van der Waals surface area contributed by atoms with Crippen LogP contribution in [0.15, 0.2) is 0 Å². The number of carbonyl (C=O) groups excluding carboxylic acids is 1.